The van der Waals surface area contributed by atoms with Crippen molar-refractivity contribution in [3.05, 3.63) is 65.7 Å². The van der Waals surface area contributed by atoms with Crippen molar-refractivity contribution in [3.63, 3.8) is 0 Å². The lowest BCUT2D eigenvalue weighted by Gasteiger charge is -2.42. The first-order valence-corrected chi connectivity index (χ1v) is 19.2. The molecular weight excluding hydrogens is 641 g/mol. The smallest absolute Gasteiger partial charge is 0.422 e. The number of likely N-dealkylation sites (tertiary alicyclic amines) is 1. The van der Waals surface area contributed by atoms with E-state index < -0.39 is 31.7 Å². The molecule has 1 aliphatic rings. The highest BCUT2D eigenvalue weighted by Gasteiger charge is 2.43. The van der Waals surface area contributed by atoms with Gasteiger partial charge in [-0.1, -0.05) is 85.7 Å². The Labute approximate surface area is 279 Å². The highest BCUT2D eigenvalue weighted by atomic mass is 28.4. The number of nitrogens with zero attached hydrogens (tertiary/aromatic N) is 4. The zero-order valence-electron chi connectivity index (χ0n) is 28.3. The third-order valence-electron chi connectivity index (χ3n) is 9.21. The van der Waals surface area contributed by atoms with Gasteiger partial charge in [0.2, 0.25) is 11.6 Å². The first-order valence-electron chi connectivity index (χ1n) is 16.3. The van der Waals surface area contributed by atoms with Gasteiger partial charge in [-0.05, 0) is 55.9 Å². The van der Waals surface area contributed by atoms with Crippen molar-refractivity contribution in [1.82, 2.24) is 20.2 Å². The predicted molar refractivity (Wildman–Crippen MR) is 177 cm³/mol. The zero-order valence-corrected chi connectivity index (χ0v) is 29.3. The monoisotopic (exact) mass is 684 g/mol. The highest BCUT2D eigenvalue weighted by molar-refractivity contribution is 6.74. The van der Waals surface area contributed by atoms with Crippen LogP contribution in [0.5, 0.6) is 0 Å². The molecule has 3 heterocycles. The van der Waals surface area contributed by atoms with E-state index >= 15 is 0 Å². The molecule has 1 aliphatic heterocycles. The van der Waals surface area contributed by atoms with Crippen molar-refractivity contribution in [2.75, 3.05) is 26.2 Å². The number of esters is 1. The molecule has 2 aromatic heterocycles. The quantitative estimate of drug-likeness (QED) is 0.113. The largest absolute Gasteiger partial charge is 0.466 e. The molecule has 0 spiro atoms. The minimum absolute atomic E-state index is 0.0169. The van der Waals surface area contributed by atoms with Crippen LogP contribution in [0.3, 0.4) is 0 Å². The molecule has 1 saturated heterocycles. The molecule has 13 heteroatoms. The lowest BCUT2D eigenvalue weighted by Crippen LogP contribution is -2.45. The van der Waals surface area contributed by atoms with Crippen LogP contribution in [0.15, 0.2) is 63.6 Å². The van der Waals surface area contributed by atoms with E-state index in [2.05, 4.69) is 54.1 Å². The van der Waals surface area contributed by atoms with Crippen molar-refractivity contribution in [2.24, 2.45) is 5.92 Å². The fraction of sp³-hybridized carbons (Fsp3) is 0.486. The molecule has 4 aromatic rings. The van der Waals surface area contributed by atoms with Crippen molar-refractivity contribution in [1.29, 1.82) is 0 Å². The molecule has 0 N–H and O–H groups in total. The van der Waals surface area contributed by atoms with Crippen LogP contribution < -0.4 is 0 Å². The molecule has 5 rings (SSSR count). The maximum atomic E-state index is 14.2. The Morgan fingerprint density at radius 1 is 1.02 bits per heavy atom. The molecule has 0 amide bonds. The zero-order chi connectivity index (χ0) is 34.7. The summed E-state index contributed by atoms with van der Waals surface area (Å²) in [5, 5.41) is 7.65. The van der Waals surface area contributed by atoms with Gasteiger partial charge in [0, 0.05) is 30.6 Å². The standard InChI is InChI=1S/C35H43F3N4O5Si/c1-7-44-28(43)20-23-12-11-19-42(21-23)22-27(47-48(5,6)34(2,3)4)24-15-17-26(18-16-24)32-39-33(46-41-32)31-29(35(36,37)38)30(40-45-31)25-13-9-8-10-14-25/h8-10,13-18,23,27H,7,11-12,19-22H2,1-6H3/t23?,27-/m0/s1. The second kappa shape index (κ2) is 14.3. The molecule has 258 valence electrons. The van der Waals surface area contributed by atoms with E-state index in [0.29, 0.717) is 25.1 Å². The topological polar surface area (TPSA) is 104 Å². The Kier molecular flexibility index (Phi) is 10.6. The van der Waals surface area contributed by atoms with Gasteiger partial charge < -0.3 is 23.1 Å². The SMILES string of the molecule is CCOC(=O)CC1CCCN(C[C@H](O[Si](C)(C)C(C)(C)C)c2ccc(-c3noc(-c4onc(-c5ccccc5)c4C(F)(F)F)n3)cc2)C1. The summed E-state index contributed by atoms with van der Waals surface area (Å²) in [6, 6.07) is 15.5. The molecule has 1 unspecified atom stereocenters. The second-order valence-corrected chi connectivity index (χ2v) is 18.5. The summed E-state index contributed by atoms with van der Waals surface area (Å²) in [6.07, 6.45) is -2.63. The Hall–Kier alpha value is -3.81. The van der Waals surface area contributed by atoms with Crippen LogP contribution >= 0.6 is 0 Å². The first kappa shape index (κ1) is 35.5. The molecule has 0 bridgehead atoms. The van der Waals surface area contributed by atoms with Crippen molar-refractivity contribution in [3.8, 4) is 34.3 Å². The maximum Gasteiger partial charge on any atom is 0.422 e. The van der Waals surface area contributed by atoms with Crippen LogP contribution in [0.25, 0.3) is 34.3 Å². The maximum absolute atomic E-state index is 14.2. The number of carbonyl (C=O) groups is 1. The number of aromatic nitrogens is 3. The summed E-state index contributed by atoms with van der Waals surface area (Å²) in [4.78, 5) is 18.8. The van der Waals surface area contributed by atoms with Gasteiger partial charge in [0.25, 0.3) is 5.89 Å². The fourth-order valence-electron chi connectivity index (χ4n) is 5.69. The Morgan fingerprint density at radius 2 is 1.73 bits per heavy atom. The third-order valence-corrected chi connectivity index (χ3v) is 13.7. The number of benzene rings is 2. The van der Waals surface area contributed by atoms with E-state index in [1.54, 1.807) is 18.2 Å². The van der Waals surface area contributed by atoms with Crippen LogP contribution in [0.2, 0.25) is 18.1 Å². The normalized spacial score (nSPS) is 17.0. The minimum atomic E-state index is -4.77. The van der Waals surface area contributed by atoms with E-state index in [1.807, 2.05) is 31.2 Å². The van der Waals surface area contributed by atoms with Gasteiger partial charge in [-0.3, -0.25) is 4.79 Å². The van der Waals surface area contributed by atoms with Gasteiger partial charge in [0.15, 0.2) is 8.32 Å². The van der Waals surface area contributed by atoms with Crippen molar-refractivity contribution >= 4 is 14.3 Å². The molecule has 9 nitrogen and oxygen atoms in total. The molecule has 1 fully saturated rings. The second-order valence-electron chi connectivity index (χ2n) is 13.8. The van der Waals surface area contributed by atoms with E-state index in [4.69, 9.17) is 18.2 Å². The van der Waals surface area contributed by atoms with Crippen LogP contribution in [0.1, 0.15) is 64.2 Å². The number of rotatable bonds is 11. The molecule has 0 aliphatic carbocycles. The molecule has 0 saturated carbocycles. The number of alkyl halides is 3. The molecule has 2 atom stereocenters. The predicted octanol–water partition coefficient (Wildman–Crippen LogP) is 8.81. The van der Waals surface area contributed by atoms with E-state index in [1.165, 1.54) is 12.1 Å². The molecule has 2 aromatic carbocycles. The number of hydrogen-bond acceptors (Lipinski definition) is 9. The summed E-state index contributed by atoms with van der Waals surface area (Å²) in [7, 11) is -2.19. The van der Waals surface area contributed by atoms with Gasteiger partial charge in [0.1, 0.15) is 11.3 Å². The lowest BCUT2D eigenvalue weighted by molar-refractivity contribution is -0.144. The molecule has 0 radical (unpaired) electrons. The summed E-state index contributed by atoms with van der Waals surface area (Å²) < 4.78 is 65.2. The van der Waals surface area contributed by atoms with Crippen molar-refractivity contribution in [2.45, 2.75) is 77.4 Å². The number of hydrogen-bond donors (Lipinski definition) is 0. The van der Waals surface area contributed by atoms with Crippen LogP contribution in [-0.2, 0) is 20.1 Å². The number of piperidine rings is 1. The van der Waals surface area contributed by atoms with Crippen molar-refractivity contribution < 1.29 is 36.2 Å². The average molecular weight is 685 g/mol. The van der Waals surface area contributed by atoms with Crippen LogP contribution in [0.4, 0.5) is 13.2 Å². The van der Waals surface area contributed by atoms with E-state index in [0.717, 1.165) is 31.5 Å². The molecular formula is C35H43F3N4O5Si. The summed E-state index contributed by atoms with van der Waals surface area (Å²) in [5.41, 5.74) is 0.345. The Bertz CT molecular complexity index is 1670. The number of halogens is 3. The highest BCUT2D eigenvalue weighted by Crippen LogP contribution is 2.43. The van der Waals surface area contributed by atoms with Gasteiger partial charge in [-0.15, -0.1) is 0 Å². The summed E-state index contributed by atoms with van der Waals surface area (Å²) >= 11 is 0. The minimum Gasteiger partial charge on any atom is -0.466 e. The number of ether oxygens (including phenoxy) is 1. The van der Waals surface area contributed by atoms with Gasteiger partial charge in [-0.25, -0.2) is 0 Å². The third kappa shape index (κ3) is 8.24. The average Bonchev–Trinajstić information content (AvgIpc) is 3.69. The van der Waals surface area contributed by atoms with Gasteiger partial charge in [-0.2, -0.15) is 18.2 Å². The van der Waals surface area contributed by atoms with E-state index in [-0.39, 0.29) is 40.1 Å². The van der Waals surface area contributed by atoms with E-state index in [9.17, 15) is 18.0 Å². The summed E-state index contributed by atoms with van der Waals surface area (Å²) in [6.45, 7) is 15.6. The van der Waals surface area contributed by atoms with Crippen LogP contribution in [-0.4, -0.2) is 60.7 Å². The lowest BCUT2D eigenvalue weighted by atomic mass is 9.94. The first-order chi connectivity index (χ1) is 22.7. The van der Waals surface area contributed by atoms with Gasteiger partial charge in [0.05, 0.1) is 12.7 Å². The van der Waals surface area contributed by atoms with Crippen LogP contribution in [0, 0.1) is 5.92 Å². The fourth-order valence-corrected chi connectivity index (χ4v) is 6.96. The van der Waals surface area contributed by atoms with Gasteiger partial charge >= 0.3 is 12.1 Å². The Balaban J connectivity index is 1.38. The number of carbonyl (C=O) groups excluding carboxylic acids is 1. The Morgan fingerprint density at radius 3 is 2.38 bits per heavy atom. The summed E-state index contributed by atoms with van der Waals surface area (Å²) in [5.74, 6) is -0.873. The molecule has 48 heavy (non-hydrogen) atoms.